The maximum absolute atomic E-state index is 11.7. The zero-order valence-corrected chi connectivity index (χ0v) is 14.5. The smallest absolute Gasteiger partial charge is 0.243 e. The van der Waals surface area contributed by atoms with E-state index in [-0.39, 0.29) is 5.91 Å². The first-order valence-corrected chi connectivity index (χ1v) is 9.08. The van der Waals surface area contributed by atoms with Crippen LogP contribution in [0.2, 0.25) is 0 Å². The van der Waals surface area contributed by atoms with E-state index in [2.05, 4.69) is 15.4 Å². The van der Waals surface area contributed by atoms with E-state index in [0.29, 0.717) is 0 Å². The molecule has 1 fully saturated rings. The first-order chi connectivity index (χ1) is 11.8. The van der Waals surface area contributed by atoms with E-state index >= 15 is 0 Å². The Morgan fingerprint density at radius 2 is 2.12 bits per heavy atom. The lowest BCUT2D eigenvalue weighted by Gasteiger charge is -2.25. The monoisotopic (exact) mass is 331 g/mol. The summed E-state index contributed by atoms with van der Waals surface area (Å²) in [6.07, 6.45) is 15.1. The van der Waals surface area contributed by atoms with E-state index < -0.39 is 0 Å². The summed E-state index contributed by atoms with van der Waals surface area (Å²) in [6.45, 7) is 3.76. The zero-order chi connectivity index (χ0) is 16.9. The molecule has 0 aromatic carbocycles. The third kappa shape index (κ3) is 8.22. The van der Waals surface area contributed by atoms with Crippen LogP contribution in [0.15, 0.2) is 30.6 Å². The minimum Gasteiger partial charge on any atom is -0.353 e. The predicted octanol–water partition coefficient (Wildman–Crippen LogP) is 3.19. The van der Waals surface area contributed by atoms with E-state index in [9.17, 15) is 4.79 Å². The molecule has 24 heavy (non-hydrogen) atoms. The summed E-state index contributed by atoms with van der Waals surface area (Å²) in [5.41, 5.74) is 0.935. The number of aromatic nitrogens is 1. The predicted molar refractivity (Wildman–Crippen MR) is 96.1 cm³/mol. The standard InChI is InChI=1S/C19H29N3O2/c23-19(11-10-18-9-8-12-20-17-18)21-13-4-2-1-3-5-14-22-15-6-7-16-24-22/h8-12,17H,1-7,13-16H2,(H,21,23). The zero-order valence-electron chi connectivity index (χ0n) is 14.5. The van der Waals surface area contributed by atoms with Crippen molar-refractivity contribution in [1.82, 2.24) is 15.4 Å². The fourth-order valence-corrected chi connectivity index (χ4v) is 2.69. The normalized spacial score (nSPS) is 15.7. The molecule has 2 heterocycles. The first-order valence-electron chi connectivity index (χ1n) is 9.08. The second kappa shape index (κ2) is 11.8. The maximum Gasteiger partial charge on any atom is 0.243 e. The van der Waals surface area contributed by atoms with E-state index in [4.69, 9.17) is 4.84 Å². The Kier molecular flexibility index (Phi) is 9.12. The molecule has 0 saturated carbocycles. The molecule has 2 rings (SSSR count). The van der Waals surface area contributed by atoms with Crippen LogP contribution in [0.3, 0.4) is 0 Å². The highest BCUT2D eigenvalue weighted by molar-refractivity contribution is 5.91. The number of carbonyl (C=O) groups is 1. The number of nitrogens with zero attached hydrogens (tertiary/aromatic N) is 2. The molecule has 0 radical (unpaired) electrons. The Hall–Kier alpha value is -1.72. The highest BCUT2D eigenvalue weighted by Gasteiger charge is 2.09. The van der Waals surface area contributed by atoms with Crippen molar-refractivity contribution in [2.45, 2.75) is 44.9 Å². The lowest BCUT2D eigenvalue weighted by atomic mass is 10.1. The van der Waals surface area contributed by atoms with E-state index in [0.717, 1.165) is 44.6 Å². The molecule has 1 aliphatic heterocycles. The number of hydroxylamine groups is 2. The summed E-state index contributed by atoms with van der Waals surface area (Å²) < 4.78 is 0. The molecule has 1 amide bonds. The van der Waals surface area contributed by atoms with Gasteiger partial charge in [-0.25, -0.2) is 0 Å². The largest absolute Gasteiger partial charge is 0.353 e. The third-order valence-corrected chi connectivity index (χ3v) is 4.07. The minimum absolute atomic E-state index is 0.0406. The van der Waals surface area contributed by atoms with E-state index in [1.165, 1.54) is 32.1 Å². The summed E-state index contributed by atoms with van der Waals surface area (Å²) in [4.78, 5) is 21.3. The van der Waals surface area contributed by atoms with Crippen molar-refractivity contribution in [2.24, 2.45) is 0 Å². The van der Waals surface area contributed by atoms with Crippen LogP contribution in [0.4, 0.5) is 0 Å². The summed E-state index contributed by atoms with van der Waals surface area (Å²) >= 11 is 0. The van der Waals surface area contributed by atoms with E-state index in [1.54, 1.807) is 24.5 Å². The molecule has 0 bridgehead atoms. The third-order valence-electron chi connectivity index (χ3n) is 4.07. The van der Waals surface area contributed by atoms with Crippen LogP contribution < -0.4 is 5.32 Å². The number of pyridine rings is 1. The van der Waals surface area contributed by atoms with Gasteiger partial charge >= 0.3 is 0 Å². The van der Waals surface area contributed by atoms with Crippen molar-refractivity contribution < 1.29 is 9.63 Å². The summed E-state index contributed by atoms with van der Waals surface area (Å²) in [5, 5.41) is 5.03. The molecule has 1 saturated heterocycles. The van der Waals surface area contributed by atoms with Gasteiger partial charge in [-0.05, 0) is 43.4 Å². The second-order valence-corrected chi connectivity index (χ2v) is 6.15. The number of nitrogens with one attached hydrogen (secondary N) is 1. The Morgan fingerprint density at radius 1 is 1.25 bits per heavy atom. The van der Waals surface area contributed by atoms with Crippen LogP contribution in [0, 0.1) is 0 Å². The van der Waals surface area contributed by atoms with Gasteiger partial charge in [0.1, 0.15) is 0 Å². The van der Waals surface area contributed by atoms with Crippen molar-refractivity contribution in [3.8, 4) is 0 Å². The molecule has 1 aromatic heterocycles. The van der Waals surface area contributed by atoms with Crippen LogP contribution in [-0.4, -0.2) is 42.2 Å². The molecular weight excluding hydrogens is 302 g/mol. The van der Waals surface area contributed by atoms with Crippen molar-refractivity contribution in [3.63, 3.8) is 0 Å². The van der Waals surface area contributed by atoms with Crippen LogP contribution in [0.1, 0.15) is 50.5 Å². The quantitative estimate of drug-likeness (QED) is 0.528. The summed E-state index contributed by atoms with van der Waals surface area (Å²) in [7, 11) is 0. The number of hydrogen-bond donors (Lipinski definition) is 1. The number of carbonyl (C=O) groups excluding carboxylic acids is 1. The minimum atomic E-state index is -0.0406. The Balaban J connectivity index is 1.42. The van der Waals surface area contributed by atoms with Crippen molar-refractivity contribution >= 4 is 12.0 Å². The van der Waals surface area contributed by atoms with E-state index in [1.807, 2.05) is 12.1 Å². The average molecular weight is 331 g/mol. The summed E-state index contributed by atoms with van der Waals surface area (Å²) in [5.74, 6) is -0.0406. The highest BCUT2D eigenvalue weighted by Crippen LogP contribution is 2.09. The molecule has 5 heteroatoms. The molecule has 132 valence electrons. The number of amides is 1. The van der Waals surface area contributed by atoms with Gasteiger partial charge in [0.2, 0.25) is 5.91 Å². The maximum atomic E-state index is 11.7. The Labute approximate surface area is 145 Å². The van der Waals surface area contributed by atoms with Gasteiger partial charge < -0.3 is 5.32 Å². The van der Waals surface area contributed by atoms with Crippen molar-refractivity contribution in [3.05, 3.63) is 36.2 Å². The van der Waals surface area contributed by atoms with Gasteiger partial charge in [-0.3, -0.25) is 14.6 Å². The summed E-state index contributed by atoms with van der Waals surface area (Å²) in [6, 6.07) is 3.78. The fraction of sp³-hybridized carbons (Fsp3) is 0.579. The van der Waals surface area contributed by atoms with Gasteiger partial charge in [-0.2, -0.15) is 5.06 Å². The number of hydrogen-bond acceptors (Lipinski definition) is 4. The first kappa shape index (κ1) is 18.6. The second-order valence-electron chi connectivity index (χ2n) is 6.15. The number of rotatable bonds is 10. The van der Waals surface area contributed by atoms with Crippen molar-refractivity contribution in [2.75, 3.05) is 26.2 Å². The fourth-order valence-electron chi connectivity index (χ4n) is 2.69. The van der Waals surface area contributed by atoms with Gasteiger partial charge in [0.05, 0.1) is 6.61 Å². The lowest BCUT2D eigenvalue weighted by Crippen LogP contribution is -2.30. The van der Waals surface area contributed by atoms with Gasteiger partial charge in [-0.15, -0.1) is 0 Å². The van der Waals surface area contributed by atoms with Gasteiger partial charge in [0.15, 0.2) is 0 Å². The lowest BCUT2D eigenvalue weighted by molar-refractivity contribution is -0.180. The van der Waals surface area contributed by atoms with Gasteiger partial charge in [0, 0.05) is 38.1 Å². The van der Waals surface area contributed by atoms with Crippen LogP contribution in [-0.2, 0) is 9.63 Å². The molecule has 0 spiro atoms. The number of unbranched alkanes of at least 4 members (excludes halogenated alkanes) is 4. The van der Waals surface area contributed by atoms with Gasteiger partial charge in [0.25, 0.3) is 0 Å². The molecule has 0 atom stereocenters. The van der Waals surface area contributed by atoms with Crippen LogP contribution in [0.5, 0.6) is 0 Å². The molecule has 5 nitrogen and oxygen atoms in total. The Bertz CT molecular complexity index is 485. The molecule has 0 aliphatic carbocycles. The van der Waals surface area contributed by atoms with Crippen LogP contribution in [0.25, 0.3) is 6.08 Å². The highest BCUT2D eigenvalue weighted by atomic mass is 16.7. The molecule has 1 N–H and O–H groups in total. The average Bonchev–Trinajstić information content (AvgIpc) is 2.64. The van der Waals surface area contributed by atoms with Crippen LogP contribution >= 0.6 is 0 Å². The molecule has 1 aliphatic rings. The van der Waals surface area contributed by atoms with Crippen molar-refractivity contribution in [1.29, 1.82) is 0 Å². The molecule has 0 unspecified atom stereocenters. The van der Waals surface area contributed by atoms with Gasteiger partial charge in [-0.1, -0.05) is 25.3 Å². The Morgan fingerprint density at radius 3 is 2.92 bits per heavy atom. The topological polar surface area (TPSA) is 54.5 Å². The molecular formula is C19H29N3O2. The SMILES string of the molecule is O=C(C=Cc1cccnc1)NCCCCCCCN1CCCCO1. The molecule has 1 aromatic rings.